The molecule has 0 aromatic carbocycles. The third kappa shape index (κ3) is 28.6. The lowest BCUT2D eigenvalue weighted by atomic mass is 10.4. The Hall–Kier alpha value is -1.31. The van der Waals surface area contributed by atoms with Gasteiger partial charge in [0, 0.05) is 6.08 Å². The van der Waals surface area contributed by atoms with Gasteiger partial charge in [0.1, 0.15) is 0 Å². The van der Waals surface area contributed by atoms with Crippen molar-refractivity contribution in [1.82, 2.24) is 0 Å². The van der Waals surface area contributed by atoms with Crippen molar-refractivity contribution in [2.45, 2.75) is 13.3 Å². The van der Waals surface area contributed by atoms with Crippen LogP contribution in [-0.4, -0.2) is 11.1 Å². The number of hydrogen-bond acceptors (Lipinski definition) is 1. The molecule has 0 atom stereocenters. The van der Waals surface area contributed by atoms with E-state index in [-0.39, 0.29) is 0 Å². The SMILES string of the molecule is C=CC=C.CCC=CC(=O)O. The van der Waals surface area contributed by atoms with E-state index in [1.807, 2.05) is 6.92 Å². The van der Waals surface area contributed by atoms with Gasteiger partial charge in [0.25, 0.3) is 0 Å². The normalized spacial score (nSPS) is 8.09. The number of carboxylic acid groups (broad SMARTS) is 1. The molecule has 0 aliphatic rings. The van der Waals surface area contributed by atoms with Crippen LogP contribution in [-0.2, 0) is 4.79 Å². The van der Waals surface area contributed by atoms with Crippen molar-refractivity contribution in [2.75, 3.05) is 0 Å². The number of carbonyl (C=O) groups is 1. The van der Waals surface area contributed by atoms with Crippen molar-refractivity contribution in [1.29, 1.82) is 0 Å². The summed E-state index contributed by atoms with van der Waals surface area (Å²) in [5.41, 5.74) is 0. The molecule has 0 amide bonds. The Morgan fingerprint density at radius 2 is 1.91 bits per heavy atom. The van der Waals surface area contributed by atoms with Gasteiger partial charge in [-0.2, -0.15) is 0 Å². The van der Waals surface area contributed by atoms with Crippen molar-refractivity contribution in [3.05, 3.63) is 37.5 Å². The van der Waals surface area contributed by atoms with Crippen LogP contribution < -0.4 is 0 Å². The Kier molecular flexibility index (Phi) is 12.9. The fourth-order valence-electron chi connectivity index (χ4n) is 0.219. The molecule has 0 heterocycles. The smallest absolute Gasteiger partial charge is 0.327 e. The van der Waals surface area contributed by atoms with Crippen LogP contribution in [0.3, 0.4) is 0 Å². The predicted molar refractivity (Wildman–Crippen MR) is 47.5 cm³/mol. The van der Waals surface area contributed by atoms with Crippen molar-refractivity contribution in [3.63, 3.8) is 0 Å². The van der Waals surface area contributed by atoms with Crippen LogP contribution >= 0.6 is 0 Å². The van der Waals surface area contributed by atoms with Crippen LogP contribution in [0.25, 0.3) is 0 Å². The predicted octanol–water partition coefficient (Wildman–Crippen LogP) is 2.40. The van der Waals surface area contributed by atoms with E-state index < -0.39 is 5.97 Å². The minimum atomic E-state index is -0.873. The molecule has 0 radical (unpaired) electrons. The Bertz CT molecular complexity index is 140. The molecule has 2 nitrogen and oxygen atoms in total. The second kappa shape index (κ2) is 11.5. The van der Waals surface area contributed by atoms with E-state index in [1.54, 1.807) is 18.2 Å². The first-order valence-corrected chi connectivity index (χ1v) is 3.31. The fourth-order valence-corrected chi connectivity index (χ4v) is 0.219. The molecule has 11 heavy (non-hydrogen) atoms. The summed E-state index contributed by atoms with van der Waals surface area (Å²) in [6, 6.07) is 0. The molecule has 0 saturated carbocycles. The van der Waals surface area contributed by atoms with Crippen LogP contribution in [0.15, 0.2) is 37.5 Å². The molecule has 0 rings (SSSR count). The van der Waals surface area contributed by atoms with Gasteiger partial charge in [0.2, 0.25) is 0 Å². The van der Waals surface area contributed by atoms with Crippen LogP contribution in [0.1, 0.15) is 13.3 Å². The highest BCUT2D eigenvalue weighted by Gasteiger charge is 1.79. The lowest BCUT2D eigenvalue weighted by Gasteiger charge is -1.73. The molecule has 0 saturated heterocycles. The Labute approximate surface area is 67.6 Å². The third-order valence-corrected chi connectivity index (χ3v) is 0.663. The van der Waals surface area contributed by atoms with Crippen LogP contribution in [0.4, 0.5) is 0 Å². The summed E-state index contributed by atoms with van der Waals surface area (Å²) in [4.78, 5) is 9.67. The van der Waals surface area contributed by atoms with E-state index >= 15 is 0 Å². The summed E-state index contributed by atoms with van der Waals surface area (Å²) in [6.07, 6.45) is 6.80. The van der Waals surface area contributed by atoms with Gasteiger partial charge >= 0.3 is 5.97 Å². The van der Waals surface area contributed by atoms with Crippen LogP contribution in [0.5, 0.6) is 0 Å². The summed E-state index contributed by atoms with van der Waals surface area (Å²) in [7, 11) is 0. The van der Waals surface area contributed by atoms with Crippen molar-refractivity contribution >= 4 is 5.97 Å². The van der Waals surface area contributed by atoms with Gasteiger partial charge in [-0.25, -0.2) is 4.79 Å². The summed E-state index contributed by atoms with van der Waals surface area (Å²) >= 11 is 0. The monoisotopic (exact) mass is 154 g/mol. The molecule has 0 aliphatic heterocycles. The van der Waals surface area contributed by atoms with Gasteiger partial charge < -0.3 is 5.11 Å². The highest BCUT2D eigenvalue weighted by Crippen LogP contribution is 1.76. The number of hydrogen-bond donors (Lipinski definition) is 1. The quantitative estimate of drug-likeness (QED) is 0.500. The molecular formula is C9H14O2. The molecule has 0 fully saturated rings. The molecule has 0 aliphatic carbocycles. The van der Waals surface area contributed by atoms with E-state index in [4.69, 9.17) is 5.11 Å². The molecule has 0 aromatic heterocycles. The maximum absolute atomic E-state index is 9.67. The van der Waals surface area contributed by atoms with Crippen LogP contribution in [0, 0.1) is 0 Å². The average molecular weight is 154 g/mol. The maximum atomic E-state index is 9.67. The lowest BCUT2D eigenvalue weighted by molar-refractivity contribution is -0.131. The topological polar surface area (TPSA) is 37.3 Å². The van der Waals surface area contributed by atoms with Crippen molar-refractivity contribution in [2.24, 2.45) is 0 Å². The zero-order valence-corrected chi connectivity index (χ0v) is 6.79. The number of rotatable bonds is 3. The van der Waals surface area contributed by atoms with Gasteiger partial charge in [-0.05, 0) is 6.42 Å². The van der Waals surface area contributed by atoms with Crippen LogP contribution in [0.2, 0.25) is 0 Å². The molecular weight excluding hydrogens is 140 g/mol. The Morgan fingerprint density at radius 1 is 1.45 bits per heavy atom. The first-order chi connectivity index (χ1) is 5.18. The van der Waals surface area contributed by atoms with Crippen molar-refractivity contribution < 1.29 is 9.90 Å². The average Bonchev–Trinajstić information content (AvgIpc) is 2.01. The van der Waals surface area contributed by atoms with Crippen molar-refractivity contribution in [3.8, 4) is 0 Å². The number of carboxylic acids is 1. The zero-order valence-electron chi connectivity index (χ0n) is 6.79. The second-order valence-electron chi connectivity index (χ2n) is 1.62. The van der Waals surface area contributed by atoms with Gasteiger partial charge in [0.15, 0.2) is 0 Å². The van der Waals surface area contributed by atoms with E-state index in [1.165, 1.54) is 0 Å². The summed E-state index contributed by atoms with van der Waals surface area (Å²) in [5, 5.41) is 7.96. The van der Waals surface area contributed by atoms with Gasteiger partial charge in [-0.1, -0.05) is 38.3 Å². The summed E-state index contributed by atoms with van der Waals surface area (Å²) in [5.74, 6) is -0.873. The highest BCUT2D eigenvalue weighted by atomic mass is 16.4. The lowest BCUT2D eigenvalue weighted by Crippen LogP contribution is -1.84. The van der Waals surface area contributed by atoms with E-state index in [2.05, 4.69) is 13.2 Å². The number of aliphatic carboxylic acids is 1. The molecule has 0 aromatic rings. The standard InChI is InChI=1S/C5H8O2.C4H6/c1-2-3-4-5(6)7;1-3-4-2/h3-4H,2H2,1H3,(H,6,7);3-4H,1-2H2. The Balaban J connectivity index is 0. The van der Waals surface area contributed by atoms with E-state index in [0.29, 0.717) is 0 Å². The fraction of sp³-hybridized carbons (Fsp3) is 0.222. The van der Waals surface area contributed by atoms with Gasteiger partial charge in [-0.15, -0.1) is 0 Å². The third-order valence-electron chi connectivity index (χ3n) is 0.663. The number of allylic oxidation sites excluding steroid dienone is 3. The highest BCUT2D eigenvalue weighted by molar-refractivity contribution is 5.79. The molecule has 1 N–H and O–H groups in total. The Morgan fingerprint density at radius 3 is 2.00 bits per heavy atom. The molecule has 2 heteroatoms. The maximum Gasteiger partial charge on any atom is 0.327 e. The first-order valence-electron chi connectivity index (χ1n) is 3.31. The molecule has 0 bridgehead atoms. The molecule has 0 unspecified atom stereocenters. The van der Waals surface area contributed by atoms with E-state index in [0.717, 1.165) is 12.5 Å². The largest absolute Gasteiger partial charge is 0.478 e. The minimum absolute atomic E-state index is 0.784. The first kappa shape index (κ1) is 12.4. The molecule has 0 spiro atoms. The minimum Gasteiger partial charge on any atom is -0.478 e. The second-order valence-corrected chi connectivity index (χ2v) is 1.62. The molecule has 62 valence electrons. The zero-order chi connectivity index (χ0) is 9.11. The van der Waals surface area contributed by atoms with E-state index in [9.17, 15) is 4.79 Å². The summed E-state index contributed by atoms with van der Waals surface area (Å²) < 4.78 is 0. The van der Waals surface area contributed by atoms with Gasteiger partial charge in [0.05, 0.1) is 0 Å². The van der Waals surface area contributed by atoms with Gasteiger partial charge in [-0.3, -0.25) is 0 Å². The summed E-state index contributed by atoms with van der Waals surface area (Å²) in [6.45, 7) is 8.61.